The van der Waals surface area contributed by atoms with Gasteiger partial charge in [-0.25, -0.2) is 24.9 Å². The molecule has 1 fully saturated rings. The predicted molar refractivity (Wildman–Crippen MR) is 129 cm³/mol. The first-order valence-electron chi connectivity index (χ1n) is 10.7. The number of fused-ring (bicyclic) bond motifs is 1. The second kappa shape index (κ2) is 9.22. The van der Waals surface area contributed by atoms with Gasteiger partial charge >= 0.3 is 0 Å². The van der Waals surface area contributed by atoms with Gasteiger partial charge in [0.05, 0.1) is 35.1 Å². The monoisotopic (exact) mass is 464 g/mol. The zero-order valence-electron chi connectivity index (χ0n) is 18.1. The molecular formula is C22H24N8O2S. The molecule has 10 nitrogen and oxygen atoms in total. The number of nitrogens with two attached hydrogens (primary N) is 1. The van der Waals surface area contributed by atoms with Crippen LogP contribution in [0.25, 0.3) is 32.0 Å². The van der Waals surface area contributed by atoms with Crippen molar-refractivity contribution in [2.75, 3.05) is 48.8 Å². The molecule has 1 saturated heterocycles. The van der Waals surface area contributed by atoms with Gasteiger partial charge in [0.15, 0.2) is 11.6 Å². The molecule has 0 spiro atoms. The molecule has 4 N–H and O–H groups in total. The first kappa shape index (κ1) is 21.4. The van der Waals surface area contributed by atoms with Crippen molar-refractivity contribution in [2.24, 2.45) is 0 Å². The van der Waals surface area contributed by atoms with E-state index in [0.29, 0.717) is 31.1 Å². The van der Waals surface area contributed by atoms with E-state index in [4.69, 9.17) is 20.4 Å². The fourth-order valence-electron chi connectivity index (χ4n) is 3.53. The van der Waals surface area contributed by atoms with Crippen molar-refractivity contribution in [1.82, 2.24) is 24.9 Å². The van der Waals surface area contributed by atoms with Gasteiger partial charge in [-0.05, 0) is 25.1 Å². The molecule has 11 heteroatoms. The van der Waals surface area contributed by atoms with Crippen molar-refractivity contribution >= 4 is 39.1 Å². The Kier molecular flexibility index (Phi) is 5.99. The van der Waals surface area contributed by atoms with E-state index in [0.717, 1.165) is 45.4 Å². The van der Waals surface area contributed by atoms with Crippen molar-refractivity contribution in [3.8, 4) is 21.8 Å². The number of nitrogen functional groups attached to an aromatic ring is 1. The molecule has 1 aliphatic heterocycles. The Morgan fingerprint density at radius 2 is 1.88 bits per heavy atom. The van der Waals surface area contributed by atoms with E-state index in [2.05, 4.69) is 31.2 Å². The van der Waals surface area contributed by atoms with Gasteiger partial charge in [-0.2, -0.15) is 0 Å². The normalized spacial score (nSPS) is 15.0. The zero-order valence-corrected chi connectivity index (χ0v) is 18.9. The molecule has 0 aliphatic carbocycles. The average molecular weight is 465 g/mol. The van der Waals surface area contributed by atoms with Crippen LogP contribution < -0.4 is 16.0 Å². The lowest BCUT2D eigenvalue weighted by Crippen LogP contribution is -2.36. The second-order valence-corrected chi connectivity index (χ2v) is 8.84. The molecule has 4 aromatic rings. The fraction of sp³-hybridized carbons (Fsp3) is 0.318. The summed E-state index contributed by atoms with van der Waals surface area (Å²) in [6.07, 6.45) is 4.67. The third-order valence-corrected chi connectivity index (χ3v) is 6.39. The van der Waals surface area contributed by atoms with E-state index in [-0.39, 0.29) is 5.95 Å². The molecule has 5 heterocycles. The van der Waals surface area contributed by atoms with Crippen LogP contribution in [0.2, 0.25) is 0 Å². The summed E-state index contributed by atoms with van der Waals surface area (Å²) in [6, 6.07) is 5.99. The molecule has 0 amide bonds. The van der Waals surface area contributed by atoms with Crippen LogP contribution in [0.4, 0.5) is 17.6 Å². The maximum atomic E-state index is 9.45. The number of thiophene rings is 1. The minimum atomic E-state index is -0.438. The minimum Gasteiger partial charge on any atom is -0.392 e. The Hall–Kier alpha value is -3.41. The first-order chi connectivity index (χ1) is 16.1. The van der Waals surface area contributed by atoms with Crippen molar-refractivity contribution in [3.63, 3.8) is 0 Å². The summed E-state index contributed by atoms with van der Waals surface area (Å²) < 4.78 is 6.55. The Balaban J connectivity index is 1.54. The van der Waals surface area contributed by atoms with E-state index in [1.807, 2.05) is 18.3 Å². The van der Waals surface area contributed by atoms with E-state index < -0.39 is 6.10 Å². The molecular weight excluding hydrogens is 440 g/mol. The van der Waals surface area contributed by atoms with Gasteiger partial charge in [0.2, 0.25) is 5.95 Å². The highest BCUT2D eigenvalue weighted by atomic mass is 32.1. The van der Waals surface area contributed by atoms with Crippen LogP contribution in [-0.2, 0) is 4.74 Å². The third kappa shape index (κ3) is 4.70. The maximum absolute atomic E-state index is 9.45. The van der Waals surface area contributed by atoms with Crippen LogP contribution in [0.3, 0.4) is 0 Å². The summed E-state index contributed by atoms with van der Waals surface area (Å²) in [7, 11) is 0. The lowest BCUT2D eigenvalue weighted by molar-refractivity contribution is 0.122. The van der Waals surface area contributed by atoms with Crippen LogP contribution >= 0.6 is 11.3 Å². The van der Waals surface area contributed by atoms with Crippen molar-refractivity contribution < 1.29 is 9.84 Å². The lowest BCUT2D eigenvalue weighted by Gasteiger charge is -2.28. The smallest absolute Gasteiger partial charge is 0.219 e. The first-order valence-corrected chi connectivity index (χ1v) is 11.5. The summed E-state index contributed by atoms with van der Waals surface area (Å²) in [4.78, 5) is 25.6. The van der Waals surface area contributed by atoms with Crippen molar-refractivity contribution in [1.29, 1.82) is 0 Å². The number of morpholine rings is 1. The number of hydrogen-bond donors (Lipinski definition) is 3. The quantitative estimate of drug-likeness (QED) is 0.390. The van der Waals surface area contributed by atoms with Crippen LogP contribution in [0.15, 0.2) is 36.8 Å². The Bertz CT molecular complexity index is 1240. The van der Waals surface area contributed by atoms with Crippen molar-refractivity contribution in [2.45, 2.75) is 13.0 Å². The van der Waals surface area contributed by atoms with Gasteiger partial charge in [0, 0.05) is 48.7 Å². The molecule has 1 aliphatic rings. The Morgan fingerprint density at radius 1 is 1.12 bits per heavy atom. The topological polar surface area (TPSA) is 135 Å². The molecule has 33 heavy (non-hydrogen) atoms. The molecule has 0 radical (unpaired) electrons. The number of aromatic nitrogens is 5. The van der Waals surface area contributed by atoms with E-state index >= 15 is 0 Å². The van der Waals surface area contributed by atoms with E-state index in [1.165, 1.54) is 0 Å². The Morgan fingerprint density at radius 3 is 2.58 bits per heavy atom. The molecule has 5 rings (SSSR count). The average Bonchev–Trinajstić information content (AvgIpc) is 3.28. The van der Waals surface area contributed by atoms with Gasteiger partial charge in [-0.1, -0.05) is 0 Å². The molecule has 1 atom stereocenters. The molecule has 4 aromatic heterocycles. The summed E-state index contributed by atoms with van der Waals surface area (Å²) >= 11 is 1.64. The van der Waals surface area contributed by atoms with Crippen LogP contribution in [0.1, 0.15) is 6.92 Å². The SMILES string of the molecule is C[C@@H](O)CNc1ccc(-c2cc3nc(-c4cnc(N)nc4)nc(N4CCOCC4)c3s2)cn1. The van der Waals surface area contributed by atoms with Crippen molar-refractivity contribution in [3.05, 3.63) is 36.8 Å². The van der Waals surface area contributed by atoms with Crippen LogP contribution in [-0.4, -0.2) is 69.0 Å². The number of aliphatic hydroxyl groups excluding tert-OH is 1. The number of anilines is 3. The fourth-order valence-corrected chi connectivity index (χ4v) is 4.63. The van der Waals surface area contributed by atoms with Gasteiger partial charge < -0.3 is 25.8 Å². The number of nitrogens with one attached hydrogen (secondary N) is 1. The van der Waals surface area contributed by atoms with Crippen LogP contribution in [0.5, 0.6) is 0 Å². The van der Waals surface area contributed by atoms with E-state index in [1.54, 1.807) is 30.7 Å². The van der Waals surface area contributed by atoms with Gasteiger partial charge in [-0.3, -0.25) is 0 Å². The minimum absolute atomic E-state index is 0.213. The van der Waals surface area contributed by atoms with E-state index in [9.17, 15) is 5.11 Å². The summed E-state index contributed by atoms with van der Waals surface area (Å²) in [5.74, 6) is 2.38. The van der Waals surface area contributed by atoms with Crippen LogP contribution in [0, 0.1) is 0 Å². The molecule has 0 bridgehead atoms. The Labute approximate surface area is 194 Å². The zero-order chi connectivity index (χ0) is 22.8. The lowest BCUT2D eigenvalue weighted by atomic mass is 10.2. The molecule has 0 saturated carbocycles. The summed E-state index contributed by atoms with van der Waals surface area (Å²) in [6.45, 7) is 5.04. The highest BCUT2D eigenvalue weighted by Crippen LogP contribution is 2.38. The predicted octanol–water partition coefficient (Wildman–Crippen LogP) is 2.42. The summed E-state index contributed by atoms with van der Waals surface area (Å²) in [5, 5.41) is 12.6. The standard InChI is InChI=1S/C22H24N8O2S/c1-13(31)9-24-18-3-2-14(10-25-18)17-8-16-19(33-17)21(30-4-6-32-7-5-30)29-20(28-16)15-11-26-22(23)27-12-15/h2-3,8,10-13,31H,4-7,9H2,1H3,(H,24,25)(H2,23,26,27)/t13-/m1/s1. The summed E-state index contributed by atoms with van der Waals surface area (Å²) in [5.41, 5.74) is 8.21. The maximum Gasteiger partial charge on any atom is 0.219 e. The molecule has 0 aromatic carbocycles. The van der Waals surface area contributed by atoms with Gasteiger partial charge in [0.25, 0.3) is 0 Å². The second-order valence-electron chi connectivity index (χ2n) is 7.79. The highest BCUT2D eigenvalue weighted by molar-refractivity contribution is 7.22. The van der Waals surface area contributed by atoms with Gasteiger partial charge in [0.1, 0.15) is 5.82 Å². The van der Waals surface area contributed by atoms with Gasteiger partial charge in [-0.15, -0.1) is 11.3 Å². The number of rotatable bonds is 6. The molecule has 170 valence electrons. The molecule has 0 unspecified atom stereocenters. The largest absolute Gasteiger partial charge is 0.392 e. The number of hydrogen-bond acceptors (Lipinski definition) is 11. The highest BCUT2D eigenvalue weighted by Gasteiger charge is 2.21. The third-order valence-electron chi connectivity index (χ3n) is 5.22. The number of nitrogens with zero attached hydrogens (tertiary/aromatic N) is 6. The number of pyridine rings is 1. The number of ether oxygens (including phenoxy) is 1. The number of aliphatic hydroxyl groups is 1.